The van der Waals surface area contributed by atoms with Crippen LogP contribution in [0.4, 0.5) is 0 Å². The number of carbonyl (C=O) groups is 1. The number of rotatable bonds is 9. The highest BCUT2D eigenvalue weighted by atomic mass is 16.7. The smallest absolute Gasteiger partial charge is 0.335 e. The van der Waals surface area contributed by atoms with Crippen LogP contribution in [-0.2, 0) is 35.2 Å². The molecule has 0 radical (unpaired) electrons. The number of aliphatic hydroxyl groups excluding tert-OH is 4. The monoisotopic (exact) mass is 568 g/mol. The molecular formula is C30H36N2O9. The molecule has 1 aliphatic heterocycles. The Morgan fingerprint density at radius 3 is 2.29 bits per heavy atom. The van der Waals surface area contributed by atoms with E-state index < -0.39 is 48.3 Å². The van der Waals surface area contributed by atoms with Crippen LogP contribution < -0.4 is 15.6 Å². The van der Waals surface area contributed by atoms with E-state index in [4.69, 9.17) is 9.47 Å². The zero-order chi connectivity index (χ0) is 29.4. The minimum Gasteiger partial charge on any atom is -0.479 e. The molecule has 1 unspecified atom stereocenters. The van der Waals surface area contributed by atoms with E-state index in [2.05, 4.69) is 36.3 Å². The maximum atomic E-state index is 12.2. The standard InChI is InChI=1S/C30H36N2O9/c1-3-14-9-16-11-18(12-17(16)10-15(14)4-2)31-13-21(33)19-5-7-22(24-20(19)6-8-23(34)32-24)40-30-27(37)25(35)26(36)28(41-30)29(38)39/h5-10,18,21,25-28,30-31,33,35-37H,3-4,11-13H2,1-2H3,(H,32,34)(H,38,39)/t21?,25-,26-,27+,28-,30+/m0/s1. The van der Waals surface area contributed by atoms with E-state index >= 15 is 0 Å². The predicted molar refractivity (Wildman–Crippen MR) is 149 cm³/mol. The number of benzene rings is 2. The van der Waals surface area contributed by atoms with Crippen molar-refractivity contribution in [3.05, 3.63) is 74.6 Å². The van der Waals surface area contributed by atoms with Crippen molar-refractivity contribution < 1.29 is 39.8 Å². The van der Waals surface area contributed by atoms with Gasteiger partial charge in [0, 0.05) is 24.0 Å². The highest BCUT2D eigenvalue weighted by Crippen LogP contribution is 2.33. The molecule has 11 heteroatoms. The zero-order valence-corrected chi connectivity index (χ0v) is 22.9. The lowest BCUT2D eigenvalue weighted by Crippen LogP contribution is -2.61. The van der Waals surface area contributed by atoms with Gasteiger partial charge in [-0.15, -0.1) is 0 Å². The Morgan fingerprint density at radius 2 is 1.68 bits per heavy atom. The summed E-state index contributed by atoms with van der Waals surface area (Å²) in [6.07, 6.45) is -6.13. The first-order chi connectivity index (χ1) is 19.6. The van der Waals surface area contributed by atoms with Gasteiger partial charge in [0.25, 0.3) is 0 Å². The van der Waals surface area contributed by atoms with Crippen LogP contribution in [0.3, 0.4) is 0 Å². The molecule has 0 amide bonds. The molecule has 0 saturated carbocycles. The third-order valence-electron chi connectivity index (χ3n) is 8.12. The summed E-state index contributed by atoms with van der Waals surface area (Å²) in [6.45, 7) is 4.60. The summed E-state index contributed by atoms with van der Waals surface area (Å²) in [5.41, 5.74) is 5.71. The lowest BCUT2D eigenvalue weighted by Gasteiger charge is -2.38. The summed E-state index contributed by atoms with van der Waals surface area (Å²) in [4.78, 5) is 26.3. The second-order valence-corrected chi connectivity index (χ2v) is 10.7. The minimum atomic E-state index is -1.86. The van der Waals surface area contributed by atoms with Gasteiger partial charge in [0.15, 0.2) is 6.10 Å². The number of ether oxygens (including phenoxy) is 2. The Labute approximate surface area is 236 Å². The van der Waals surface area contributed by atoms with E-state index in [0.717, 1.165) is 25.7 Å². The lowest BCUT2D eigenvalue weighted by molar-refractivity contribution is -0.270. The SMILES string of the molecule is CCc1cc2c(cc1CC)CC(NCC(O)c1ccc(O[C@@H]3O[C@H](C(=O)O)[C@@H](O)[C@H](O)[C@H]3O)c3[nH]c(=O)ccc13)C2. The lowest BCUT2D eigenvalue weighted by atomic mass is 9.97. The number of hydrogen-bond donors (Lipinski definition) is 7. The highest BCUT2D eigenvalue weighted by Gasteiger charge is 2.48. The first-order valence-electron chi connectivity index (χ1n) is 13.9. The summed E-state index contributed by atoms with van der Waals surface area (Å²) in [5.74, 6) is -1.51. The van der Waals surface area contributed by atoms with Crippen molar-refractivity contribution in [3.8, 4) is 5.75 Å². The molecule has 2 aliphatic rings. The highest BCUT2D eigenvalue weighted by molar-refractivity contribution is 5.87. The van der Waals surface area contributed by atoms with Gasteiger partial charge < -0.3 is 45.3 Å². The average molecular weight is 569 g/mol. The Hall–Kier alpha value is -3.32. The van der Waals surface area contributed by atoms with E-state index in [0.29, 0.717) is 10.9 Å². The van der Waals surface area contributed by atoms with Crippen LogP contribution in [0, 0.1) is 0 Å². The fourth-order valence-electron chi connectivity index (χ4n) is 5.88. The first kappa shape index (κ1) is 29.2. The van der Waals surface area contributed by atoms with Crippen molar-refractivity contribution in [3.63, 3.8) is 0 Å². The van der Waals surface area contributed by atoms with Gasteiger partial charge >= 0.3 is 5.97 Å². The van der Waals surface area contributed by atoms with Gasteiger partial charge in [0.2, 0.25) is 11.8 Å². The molecule has 0 spiro atoms. The normalized spacial score (nSPS) is 25.3. The van der Waals surface area contributed by atoms with Crippen LogP contribution >= 0.6 is 0 Å². The Morgan fingerprint density at radius 1 is 1.02 bits per heavy atom. The molecule has 1 aliphatic carbocycles. The summed E-state index contributed by atoms with van der Waals surface area (Å²) >= 11 is 0. The van der Waals surface area contributed by atoms with Crippen molar-refractivity contribution in [2.45, 2.75) is 82.4 Å². The van der Waals surface area contributed by atoms with Gasteiger partial charge in [-0.25, -0.2) is 4.79 Å². The number of nitrogens with one attached hydrogen (secondary N) is 2. The number of carboxylic acid groups (broad SMARTS) is 1. The number of aromatic amines is 1. The second-order valence-electron chi connectivity index (χ2n) is 10.7. The molecular weight excluding hydrogens is 532 g/mol. The predicted octanol–water partition coefficient (Wildman–Crippen LogP) is 0.714. The van der Waals surface area contributed by atoms with Crippen molar-refractivity contribution in [1.29, 1.82) is 0 Å². The Balaban J connectivity index is 1.33. The number of hydrogen-bond acceptors (Lipinski definition) is 9. The van der Waals surface area contributed by atoms with E-state index in [9.17, 15) is 35.1 Å². The van der Waals surface area contributed by atoms with Crippen LogP contribution in [0.15, 0.2) is 41.2 Å². The summed E-state index contributed by atoms with van der Waals surface area (Å²) in [7, 11) is 0. The Bertz CT molecular complexity index is 1460. The number of pyridine rings is 1. The van der Waals surface area contributed by atoms with E-state index in [-0.39, 0.29) is 23.9 Å². The third-order valence-corrected chi connectivity index (χ3v) is 8.12. The molecule has 6 atom stereocenters. The van der Waals surface area contributed by atoms with Crippen LogP contribution in [0.1, 0.15) is 47.8 Å². The summed E-state index contributed by atoms with van der Waals surface area (Å²) in [5, 5.41) is 54.9. The van der Waals surface area contributed by atoms with Crippen molar-refractivity contribution in [2.24, 2.45) is 0 Å². The number of fused-ring (bicyclic) bond motifs is 2. The molecule has 2 aromatic carbocycles. The number of carboxylic acids is 1. The van der Waals surface area contributed by atoms with Crippen molar-refractivity contribution in [2.75, 3.05) is 6.54 Å². The second kappa shape index (κ2) is 11.9. The largest absolute Gasteiger partial charge is 0.479 e. The van der Waals surface area contributed by atoms with E-state index in [1.807, 2.05) is 0 Å². The fraction of sp³-hybridized carbons (Fsp3) is 0.467. The molecule has 11 nitrogen and oxygen atoms in total. The molecule has 0 bridgehead atoms. The minimum absolute atomic E-state index is 0.0306. The summed E-state index contributed by atoms with van der Waals surface area (Å²) in [6, 6.07) is 10.7. The van der Waals surface area contributed by atoms with Crippen LogP contribution in [0.5, 0.6) is 5.75 Å². The molecule has 1 saturated heterocycles. The maximum absolute atomic E-state index is 12.2. The van der Waals surface area contributed by atoms with Gasteiger partial charge in [-0.2, -0.15) is 0 Å². The van der Waals surface area contributed by atoms with Gasteiger partial charge in [-0.05, 0) is 65.6 Å². The van der Waals surface area contributed by atoms with Crippen molar-refractivity contribution >= 4 is 16.9 Å². The fourth-order valence-corrected chi connectivity index (χ4v) is 5.88. The van der Waals surface area contributed by atoms with E-state index in [1.165, 1.54) is 34.4 Å². The Kier molecular flexibility index (Phi) is 8.46. The molecule has 1 aromatic heterocycles. The number of aromatic nitrogens is 1. The first-order valence-corrected chi connectivity index (χ1v) is 13.9. The number of H-pyrrole nitrogens is 1. The summed E-state index contributed by atoms with van der Waals surface area (Å²) < 4.78 is 10.9. The molecule has 41 heavy (non-hydrogen) atoms. The number of aryl methyl sites for hydroxylation is 2. The number of aliphatic carboxylic acids is 1. The molecule has 1 fully saturated rings. The van der Waals surface area contributed by atoms with Gasteiger partial charge in [-0.3, -0.25) is 4.79 Å². The van der Waals surface area contributed by atoms with Gasteiger partial charge in [0.1, 0.15) is 24.1 Å². The molecule has 7 N–H and O–H groups in total. The quantitative estimate of drug-likeness (QED) is 0.194. The van der Waals surface area contributed by atoms with Gasteiger partial charge in [-0.1, -0.05) is 32.0 Å². The van der Waals surface area contributed by atoms with Gasteiger partial charge in [0.05, 0.1) is 11.6 Å². The third kappa shape index (κ3) is 5.74. The molecule has 5 rings (SSSR count). The molecule has 2 heterocycles. The maximum Gasteiger partial charge on any atom is 0.335 e. The van der Waals surface area contributed by atoms with Crippen LogP contribution in [0.2, 0.25) is 0 Å². The molecule has 220 valence electrons. The number of aliphatic hydroxyl groups is 4. The topological polar surface area (TPSA) is 182 Å². The average Bonchev–Trinajstić information content (AvgIpc) is 3.36. The van der Waals surface area contributed by atoms with E-state index in [1.54, 1.807) is 12.1 Å². The molecule has 3 aromatic rings. The van der Waals surface area contributed by atoms with Crippen LogP contribution in [0.25, 0.3) is 10.9 Å². The van der Waals surface area contributed by atoms with Crippen LogP contribution in [-0.4, -0.2) is 79.8 Å². The van der Waals surface area contributed by atoms with Crippen molar-refractivity contribution in [1.82, 2.24) is 10.3 Å². The zero-order valence-electron chi connectivity index (χ0n) is 22.9.